The normalized spacial score (nSPS) is 10.2. The molecule has 0 aliphatic carbocycles. The van der Waals surface area contributed by atoms with Gasteiger partial charge in [-0.25, -0.2) is 9.97 Å². The lowest BCUT2D eigenvalue weighted by atomic mass is 10.3. The van der Waals surface area contributed by atoms with E-state index >= 15 is 0 Å². The average molecular weight is 275 g/mol. The number of rotatable bonds is 6. The van der Waals surface area contributed by atoms with E-state index in [1.807, 2.05) is 49.6 Å². The second-order valence-electron chi connectivity index (χ2n) is 3.97. The number of para-hydroxylation sites is 1. The number of thioether (sulfide) groups is 1. The highest BCUT2D eigenvalue weighted by Gasteiger charge is 2.00. The molecule has 0 saturated carbocycles. The molecule has 0 amide bonds. The van der Waals surface area contributed by atoms with Crippen molar-refractivity contribution >= 4 is 17.6 Å². The summed E-state index contributed by atoms with van der Waals surface area (Å²) < 4.78 is 5.60. The van der Waals surface area contributed by atoms with Gasteiger partial charge in [0.1, 0.15) is 18.2 Å². The highest BCUT2D eigenvalue weighted by atomic mass is 32.2. The highest BCUT2D eigenvalue weighted by molar-refractivity contribution is 7.98. The fourth-order valence-electron chi connectivity index (χ4n) is 1.59. The van der Waals surface area contributed by atoms with E-state index in [1.165, 1.54) is 11.8 Å². The molecule has 5 heteroatoms. The van der Waals surface area contributed by atoms with Crippen LogP contribution in [0.25, 0.3) is 0 Å². The van der Waals surface area contributed by atoms with Crippen LogP contribution in [0, 0.1) is 6.92 Å². The molecule has 0 radical (unpaired) electrons. The van der Waals surface area contributed by atoms with Gasteiger partial charge in [-0.3, -0.25) is 0 Å². The first-order chi connectivity index (χ1) is 9.28. The summed E-state index contributed by atoms with van der Waals surface area (Å²) in [6.45, 7) is 3.27. The van der Waals surface area contributed by atoms with Crippen LogP contribution >= 0.6 is 11.8 Å². The summed E-state index contributed by atoms with van der Waals surface area (Å²) in [6.07, 6.45) is 1.97. The lowest BCUT2D eigenvalue weighted by molar-refractivity contribution is 0.332. The second-order valence-corrected chi connectivity index (χ2v) is 4.74. The molecule has 0 aliphatic rings. The third-order valence-electron chi connectivity index (χ3n) is 2.44. The minimum absolute atomic E-state index is 0.599. The number of nitrogens with one attached hydrogen (secondary N) is 1. The molecule has 0 saturated heterocycles. The third kappa shape index (κ3) is 4.44. The van der Waals surface area contributed by atoms with Crippen molar-refractivity contribution in [2.75, 3.05) is 24.7 Å². The lowest BCUT2D eigenvalue weighted by Crippen LogP contribution is -2.12. The van der Waals surface area contributed by atoms with E-state index in [-0.39, 0.29) is 0 Å². The summed E-state index contributed by atoms with van der Waals surface area (Å²) in [7, 11) is 0. The van der Waals surface area contributed by atoms with Gasteiger partial charge >= 0.3 is 0 Å². The predicted octanol–water partition coefficient (Wildman–Crippen LogP) is 3.00. The van der Waals surface area contributed by atoms with Crippen LogP contribution in [0.2, 0.25) is 0 Å². The van der Waals surface area contributed by atoms with Crippen molar-refractivity contribution in [3.8, 4) is 5.75 Å². The maximum Gasteiger partial charge on any atom is 0.189 e. The number of anilines is 1. The Morgan fingerprint density at radius 3 is 2.74 bits per heavy atom. The molecule has 1 heterocycles. The fraction of sp³-hybridized carbons (Fsp3) is 0.286. The first kappa shape index (κ1) is 13.7. The van der Waals surface area contributed by atoms with E-state index in [0.717, 1.165) is 22.4 Å². The topological polar surface area (TPSA) is 47.0 Å². The molecule has 0 spiro atoms. The molecule has 100 valence electrons. The average Bonchev–Trinajstić information content (AvgIpc) is 2.44. The van der Waals surface area contributed by atoms with Crippen LogP contribution in [-0.4, -0.2) is 29.4 Å². The molecule has 2 aromatic rings. The van der Waals surface area contributed by atoms with Gasteiger partial charge in [-0.05, 0) is 25.3 Å². The van der Waals surface area contributed by atoms with E-state index in [2.05, 4.69) is 15.3 Å². The van der Waals surface area contributed by atoms with Crippen LogP contribution < -0.4 is 10.1 Å². The van der Waals surface area contributed by atoms with E-state index in [1.54, 1.807) is 0 Å². The van der Waals surface area contributed by atoms with Gasteiger partial charge in [0.2, 0.25) is 0 Å². The van der Waals surface area contributed by atoms with Gasteiger partial charge in [-0.1, -0.05) is 30.0 Å². The van der Waals surface area contributed by atoms with E-state index in [4.69, 9.17) is 4.74 Å². The largest absolute Gasteiger partial charge is 0.492 e. The number of hydrogen-bond acceptors (Lipinski definition) is 5. The molecule has 4 nitrogen and oxygen atoms in total. The van der Waals surface area contributed by atoms with Gasteiger partial charge in [-0.2, -0.15) is 0 Å². The summed E-state index contributed by atoms with van der Waals surface area (Å²) in [5, 5.41) is 4.02. The smallest absolute Gasteiger partial charge is 0.189 e. The van der Waals surface area contributed by atoms with E-state index in [9.17, 15) is 0 Å². The minimum Gasteiger partial charge on any atom is -0.492 e. The molecule has 1 aromatic carbocycles. The Hall–Kier alpha value is -1.75. The van der Waals surface area contributed by atoms with Gasteiger partial charge in [0.25, 0.3) is 0 Å². The molecule has 1 aromatic heterocycles. The molecule has 0 fully saturated rings. The Morgan fingerprint density at radius 2 is 2.00 bits per heavy atom. The van der Waals surface area contributed by atoms with Gasteiger partial charge < -0.3 is 10.1 Å². The maximum absolute atomic E-state index is 5.60. The Morgan fingerprint density at radius 1 is 1.21 bits per heavy atom. The van der Waals surface area contributed by atoms with Crippen LogP contribution in [0.5, 0.6) is 5.75 Å². The quantitative estimate of drug-likeness (QED) is 0.499. The summed E-state index contributed by atoms with van der Waals surface area (Å²) in [6, 6.07) is 11.7. The van der Waals surface area contributed by atoms with E-state index < -0.39 is 0 Å². The maximum atomic E-state index is 5.60. The summed E-state index contributed by atoms with van der Waals surface area (Å²) in [5.41, 5.74) is 0.964. The first-order valence-corrected chi connectivity index (χ1v) is 7.32. The standard InChI is InChI=1S/C14H17N3OS/c1-11-10-13(17-14(16-11)19-2)15-8-9-18-12-6-4-3-5-7-12/h3-7,10H,8-9H2,1-2H3,(H,15,16,17). The molecule has 19 heavy (non-hydrogen) atoms. The SMILES string of the molecule is CSc1nc(C)cc(NCCOc2ccccc2)n1. The molecule has 1 N–H and O–H groups in total. The zero-order valence-corrected chi connectivity index (χ0v) is 11.9. The predicted molar refractivity (Wildman–Crippen MR) is 79.0 cm³/mol. The number of ether oxygens (including phenoxy) is 1. The van der Waals surface area contributed by atoms with Crippen molar-refractivity contribution in [3.05, 3.63) is 42.1 Å². The van der Waals surface area contributed by atoms with Gasteiger partial charge in [0, 0.05) is 11.8 Å². The van der Waals surface area contributed by atoms with Crippen molar-refractivity contribution in [2.45, 2.75) is 12.1 Å². The van der Waals surface area contributed by atoms with Crippen molar-refractivity contribution < 1.29 is 4.74 Å². The second kappa shape index (κ2) is 6.99. The molecule has 0 atom stereocenters. The van der Waals surface area contributed by atoms with E-state index in [0.29, 0.717) is 13.2 Å². The van der Waals surface area contributed by atoms with Crippen molar-refractivity contribution in [3.63, 3.8) is 0 Å². The first-order valence-electron chi connectivity index (χ1n) is 6.09. The zero-order chi connectivity index (χ0) is 13.5. The molecule has 0 bridgehead atoms. The summed E-state index contributed by atoms with van der Waals surface area (Å²) in [4.78, 5) is 8.69. The monoisotopic (exact) mass is 275 g/mol. The lowest BCUT2D eigenvalue weighted by Gasteiger charge is -2.09. The minimum atomic E-state index is 0.599. The van der Waals surface area contributed by atoms with Crippen molar-refractivity contribution in [2.24, 2.45) is 0 Å². The van der Waals surface area contributed by atoms with Gasteiger partial charge in [0.15, 0.2) is 5.16 Å². The number of nitrogens with zero attached hydrogens (tertiary/aromatic N) is 2. The van der Waals surface area contributed by atoms with Gasteiger partial charge in [-0.15, -0.1) is 0 Å². The molecular formula is C14H17N3OS. The Labute approximate surface area is 117 Å². The molecule has 0 aliphatic heterocycles. The van der Waals surface area contributed by atoms with Crippen LogP contribution in [-0.2, 0) is 0 Å². The number of aryl methyl sites for hydroxylation is 1. The summed E-state index contributed by atoms with van der Waals surface area (Å²) >= 11 is 1.54. The zero-order valence-electron chi connectivity index (χ0n) is 11.1. The van der Waals surface area contributed by atoms with Crippen molar-refractivity contribution in [1.29, 1.82) is 0 Å². The number of aromatic nitrogens is 2. The third-order valence-corrected chi connectivity index (χ3v) is 2.98. The van der Waals surface area contributed by atoms with Crippen LogP contribution in [0.1, 0.15) is 5.69 Å². The highest BCUT2D eigenvalue weighted by Crippen LogP contribution is 2.13. The van der Waals surface area contributed by atoms with Crippen LogP contribution in [0.15, 0.2) is 41.6 Å². The number of hydrogen-bond donors (Lipinski definition) is 1. The molecular weight excluding hydrogens is 258 g/mol. The number of benzene rings is 1. The Balaban J connectivity index is 1.81. The summed E-state index contributed by atoms with van der Waals surface area (Å²) in [5.74, 6) is 1.72. The van der Waals surface area contributed by atoms with Crippen LogP contribution in [0.4, 0.5) is 5.82 Å². The fourth-order valence-corrected chi connectivity index (χ4v) is 2.01. The molecule has 2 rings (SSSR count). The Kier molecular flexibility index (Phi) is 5.03. The Bertz CT molecular complexity index is 519. The van der Waals surface area contributed by atoms with Gasteiger partial charge in [0.05, 0.1) is 6.54 Å². The van der Waals surface area contributed by atoms with Crippen LogP contribution in [0.3, 0.4) is 0 Å². The molecule has 0 unspecified atom stereocenters. The van der Waals surface area contributed by atoms with Crippen molar-refractivity contribution in [1.82, 2.24) is 9.97 Å².